The predicted molar refractivity (Wildman–Crippen MR) is 95.5 cm³/mol. The molecule has 4 heterocycles. The first-order chi connectivity index (χ1) is 12.5. The number of nitrogens with two attached hydrogens (primary N) is 1. The standard InChI is InChI=1S/C15H16ClN9O/c1-9-6-12(25-15(20-9)18-8-19-25)23-2-4-24(5-3-23)14-10(13(17)26)7-11(16)21-22-14/h6-8H,2-5H2,1H3,(H2,17,26). The molecule has 11 heteroatoms. The molecular weight excluding hydrogens is 358 g/mol. The summed E-state index contributed by atoms with van der Waals surface area (Å²) in [4.78, 5) is 24.4. The minimum absolute atomic E-state index is 0.141. The van der Waals surface area contributed by atoms with E-state index in [1.165, 1.54) is 12.4 Å². The summed E-state index contributed by atoms with van der Waals surface area (Å²) in [6.45, 7) is 4.64. The van der Waals surface area contributed by atoms with Crippen molar-refractivity contribution in [1.29, 1.82) is 0 Å². The first-order valence-corrected chi connectivity index (χ1v) is 8.41. The van der Waals surface area contributed by atoms with Crippen LogP contribution in [0, 0.1) is 6.92 Å². The van der Waals surface area contributed by atoms with Gasteiger partial charge in [0.2, 0.25) is 0 Å². The van der Waals surface area contributed by atoms with E-state index in [-0.39, 0.29) is 10.7 Å². The van der Waals surface area contributed by atoms with Gasteiger partial charge in [0, 0.05) is 37.9 Å². The number of aromatic nitrogens is 6. The molecule has 0 aliphatic carbocycles. The van der Waals surface area contributed by atoms with Gasteiger partial charge in [0.05, 0.1) is 5.56 Å². The monoisotopic (exact) mass is 373 g/mol. The number of primary amides is 1. The molecule has 26 heavy (non-hydrogen) atoms. The van der Waals surface area contributed by atoms with Gasteiger partial charge < -0.3 is 15.5 Å². The van der Waals surface area contributed by atoms with Gasteiger partial charge in [0.1, 0.15) is 12.1 Å². The molecule has 10 nitrogen and oxygen atoms in total. The number of nitrogens with zero attached hydrogens (tertiary/aromatic N) is 8. The minimum atomic E-state index is -0.576. The van der Waals surface area contributed by atoms with Gasteiger partial charge in [-0.1, -0.05) is 11.6 Å². The van der Waals surface area contributed by atoms with Crippen molar-refractivity contribution in [1.82, 2.24) is 29.8 Å². The van der Waals surface area contributed by atoms with Crippen LogP contribution >= 0.6 is 11.6 Å². The van der Waals surface area contributed by atoms with Crippen LogP contribution < -0.4 is 15.5 Å². The van der Waals surface area contributed by atoms with Gasteiger partial charge in [-0.15, -0.1) is 10.2 Å². The molecule has 1 aliphatic rings. The summed E-state index contributed by atoms with van der Waals surface area (Å²) in [5.74, 6) is 1.38. The fourth-order valence-electron chi connectivity index (χ4n) is 3.06. The Morgan fingerprint density at radius 2 is 1.88 bits per heavy atom. The van der Waals surface area contributed by atoms with E-state index in [1.807, 2.05) is 17.9 Å². The second-order valence-corrected chi connectivity index (χ2v) is 6.36. The molecule has 2 N–H and O–H groups in total. The summed E-state index contributed by atoms with van der Waals surface area (Å²) in [5.41, 5.74) is 6.60. The molecule has 0 radical (unpaired) electrons. The Balaban J connectivity index is 1.58. The van der Waals surface area contributed by atoms with Gasteiger partial charge in [-0.2, -0.15) is 14.6 Å². The van der Waals surface area contributed by atoms with Crippen LogP contribution in [0.5, 0.6) is 0 Å². The fraction of sp³-hybridized carbons (Fsp3) is 0.333. The van der Waals surface area contributed by atoms with Gasteiger partial charge in [0.15, 0.2) is 11.0 Å². The van der Waals surface area contributed by atoms with Crippen LogP contribution in [0.4, 0.5) is 11.6 Å². The lowest BCUT2D eigenvalue weighted by Crippen LogP contribution is -2.48. The molecule has 3 aromatic rings. The number of halogens is 1. The van der Waals surface area contributed by atoms with Crippen LogP contribution in [0.25, 0.3) is 5.78 Å². The van der Waals surface area contributed by atoms with E-state index < -0.39 is 5.91 Å². The van der Waals surface area contributed by atoms with Gasteiger partial charge in [0.25, 0.3) is 11.7 Å². The van der Waals surface area contributed by atoms with E-state index in [9.17, 15) is 4.79 Å². The lowest BCUT2D eigenvalue weighted by Gasteiger charge is -2.36. The van der Waals surface area contributed by atoms with E-state index >= 15 is 0 Å². The average Bonchev–Trinajstić information content (AvgIpc) is 3.09. The molecule has 0 spiro atoms. The summed E-state index contributed by atoms with van der Waals surface area (Å²) in [6.07, 6.45) is 1.49. The lowest BCUT2D eigenvalue weighted by atomic mass is 10.2. The minimum Gasteiger partial charge on any atom is -0.365 e. The van der Waals surface area contributed by atoms with Crippen LogP contribution in [0.2, 0.25) is 5.15 Å². The summed E-state index contributed by atoms with van der Waals surface area (Å²) in [7, 11) is 0. The molecule has 0 unspecified atom stereocenters. The van der Waals surface area contributed by atoms with Crippen LogP contribution in [0.15, 0.2) is 18.5 Å². The molecule has 1 fully saturated rings. The second kappa shape index (κ2) is 6.37. The Morgan fingerprint density at radius 3 is 2.62 bits per heavy atom. The van der Waals surface area contributed by atoms with Crippen molar-refractivity contribution < 1.29 is 4.79 Å². The number of anilines is 2. The number of hydrogen-bond acceptors (Lipinski definition) is 8. The van der Waals surface area contributed by atoms with E-state index in [4.69, 9.17) is 17.3 Å². The molecule has 1 amide bonds. The third kappa shape index (κ3) is 2.88. The predicted octanol–water partition coefficient (Wildman–Crippen LogP) is 0.302. The Bertz CT molecular complexity index is 980. The van der Waals surface area contributed by atoms with Crippen LogP contribution in [-0.2, 0) is 0 Å². The maximum Gasteiger partial charge on any atom is 0.254 e. The van der Waals surface area contributed by atoms with Gasteiger partial charge in [-0.3, -0.25) is 4.79 Å². The normalized spacial score (nSPS) is 14.8. The summed E-state index contributed by atoms with van der Waals surface area (Å²) in [6, 6.07) is 3.43. The fourth-order valence-corrected chi connectivity index (χ4v) is 3.21. The average molecular weight is 374 g/mol. The molecule has 0 bridgehead atoms. The topological polar surface area (TPSA) is 118 Å². The molecule has 0 aromatic carbocycles. The summed E-state index contributed by atoms with van der Waals surface area (Å²) >= 11 is 5.83. The van der Waals surface area contributed by atoms with Crippen molar-refractivity contribution >= 4 is 34.9 Å². The van der Waals surface area contributed by atoms with Gasteiger partial charge in [-0.25, -0.2) is 4.98 Å². The van der Waals surface area contributed by atoms with Gasteiger partial charge >= 0.3 is 0 Å². The van der Waals surface area contributed by atoms with Crippen LogP contribution in [0.3, 0.4) is 0 Å². The first-order valence-electron chi connectivity index (χ1n) is 8.03. The quantitative estimate of drug-likeness (QED) is 0.696. The third-order valence-corrected chi connectivity index (χ3v) is 4.46. The van der Waals surface area contributed by atoms with Crippen LogP contribution in [-0.4, -0.2) is 61.9 Å². The number of carbonyl (C=O) groups is 1. The van der Waals surface area contributed by atoms with Gasteiger partial charge in [-0.05, 0) is 13.0 Å². The van der Waals surface area contributed by atoms with Crippen LogP contribution in [0.1, 0.15) is 16.1 Å². The zero-order chi connectivity index (χ0) is 18.3. The molecule has 4 rings (SSSR count). The molecule has 134 valence electrons. The van der Waals surface area contributed by atoms with E-state index in [0.717, 1.165) is 11.5 Å². The maximum atomic E-state index is 11.7. The van der Waals surface area contributed by atoms with E-state index in [2.05, 4.69) is 30.2 Å². The van der Waals surface area contributed by atoms with Crippen molar-refractivity contribution in [2.75, 3.05) is 36.0 Å². The highest BCUT2D eigenvalue weighted by Crippen LogP contribution is 2.23. The molecular formula is C15H16ClN9O. The van der Waals surface area contributed by atoms with E-state index in [1.54, 1.807) is 4.52 Å². The lowest BCUT2D eigenvalue weighted by molar-refractivity contribution is 0.1000. The van der Waals surface area contributed by atoms with Crippen molar-refractivity contribution in [3.05, 3.63) is 34.9 Å². The van der Waals surface area contributed by atoms with Crippen molar-refractivity contribution in [2.24, 2.45) is 5.73 Å². The Kier molecular flexibility index (Phi) is 4.03. The number of fused-ring (bicyclic) bond motifs is 1. The molecule has 1 aliphatic heterocycles. The van der Waals surface area contributed by atoms with Crippen molar-refractivity contribution in [3.63, 3.8) is 0 Å². The molecule has 3 aromatic heterocycles. The second-order valence-electron chi connectivity index (χ2n) is 5.97. The van der Waals surface area contributed by atoms with E-state index in [0.29, 0.717) is 37.8 Å². The number of hydrogen-bond donors (Lipinski definition) is 1. The summed E-state index contributed by atoms with van der Waals surface area (Å²) < 4.78 is 1.72. The smallest absolute Gasteiger partial charge is 0.254 e. The number of piperazine rings is 1. The Hall–Kier alpha value is -3.01. The largest absolute Gasteiger partial charge is 0.365 e. The van der Waals surface area contributed by atoms with Crippen molar-refractivity contribution in [3.8, 4) is 0 Å². The highest BCUT2D eigenvalue weighted by molar-refractivity contribution is 6.29. The molecule has 1 saturated heterocycles. The number of amides is 1. The Morgan fingerprint density at radius 1 is 1.15 bits per heavy atom. The highest BCUT2D eigenvalue weighted by atomic mass is 35.5. The first kappa shape index (κ1) is 16.5. The number of carbonyl (C=O) groups excluding carboxylic acids is 1. The zero-order valence-electron chi connectivity index (χ0n) is 14.0. The molecule has 0 atom stereocenters. The summed E-state index contributed by atoms with van der Waals surface area (Å²) in [5, 5.41) is 12.3. The maximum absolute atomic E-state index is 11.7. The molecule has 0 saturated carbocycles. The number of aryl methyl sites for hydroxylation is 1. The highest BCUT2D eigenvalue weighted by Gasteiger charge is 2.24. The SMILES string of the molecule is Cc1cc(N2CCN(c3nnc(Cl)cc3C(N)=O)CC2)n2ncnc2n1. The zero-order valence-corrected chi connectivity index (χ0v) is 14.8. The van der Waals surface area contributed by atoms with Crippen molar-refractivity contribution in [2.45, 2.75) is 6.92 Å². The Labute approximate surface area is 153 Å². The number of rotatable bonds is 3. The third-order valence-electron chi connectivity index (χ3n) is 4.27.